The van der Waals surface area contributed by atoms with Crippen LogP contribution in [0.25, 0.3) is 0 Å². The molecule has 0 saturated carbocycles. The van der Waals surface area contributed by atoms with E-state index < -0.39 is 0 Å². The summed E-state index contributed by atoms with van der Waals surface area (Å²) in [7, 11) is 0. The van der Waals surface area contributed by atoms with Crippen LogP contribution in [0.2, 0.25) is 0 Å². The lowest BCUT2D eigenvalue weighted by Gasteiger charge is -2.01. The van der Waals surface area contributed by atoms with Crippen molar-refractivity contribution in [2.45, 2.75) is 40.0 Å². The summed E-state index contributed by atoms with van der Waals surface area (Å²) in [6.45, 7) is 7.07. The van der Waals surface area contributed by atoms with Crippen LogP contribution in [0.3, 0.4) is 0 Å². The number of hydrogen-bond donors (Lipinski definition) is 0. The Morgan fingerprint density at radius 2 is 1.85 bits per heavy atom. The molecule has 0 radical (unpaired) electrons. The largest absolute Gasteiger partial charge is 0.373 e. The molecule has 0 N–H and O–H groups in total. The van der Waals surface area contributed by atoms with Gasteiger partial charge < -0.3 is 4.74 Å². The van der Waals surface area contributed by atoms with E-state index in [0.717, 1.165) is 19.3 Å². The Morgan fingerprint density at radius 1 is 1.23 bits per heavy atom. The van der Waals surface area contributed by atoms with Gasteiger partial charge in [-0.15, -0.1) is 0 Å². The standard InChI is InChI=1S/C11H20O2/c1-4-7-13-9-11(12)8-10(5-2)6-3/h8H,4-7,9H2,1-3H3. The van der Waals surface area contributed by atoms with E-state index in [1.54, 1.807) is 6.08 Å². The predicted molar refractivity (Wildman–Crippen MR) is 54.8 cm³/mol. The maximum atomic E-state index is 11.2. The van der Waals surface area contributed by atoms with E-state index >= 15 is 0 Å². The molecule has 13 heavy (non-hydrogen) atoms. The van der Waals surface area contributed by atoms with Gasteiger partial charge in [-0.25, -0.2) is 0 Å². The Kier molecular flexibility index (Phi) is 7.60. The third-order valence-corrected chi connectivity index (χ3v) is 1.87. The van der Waals surface area contributed by atoms with Crippen LogP contribution in [0.4, 0.5) is 0 Å². The Bertz CT molecular complexity index is 165. The van der Waals surface area contributed by atoms with E-state index in [1.165, 1.54) is 5.57 Å². The van der Waals surface area contributed by atoms with E-state index in [0.29, 0.717) is 6.61 Å². The molecule has 0 saturated heterocycles. The SMILES string of the molecule is CCCOCC(=O)C=C(CC)CC. The van der Waals surface area contributed by atoms with Crippen LogP contribution in [0, 0.1) is 0 Å². The van der Waals surface area contributed by atoms with Crippen LogP contribution in [-0.2, 0) is 9.53 Å². The lowest BCUT2D eigenvalue weighted by molar-refractivity contribution is -0.119. The molecule has 0 aliphatic heterocycles. The number of allylic oxidation sites excluding steroid dienone is 1. The van der Waals surface area contributed by atoms with Crippen LogP contribution in [-0.4, -0.2) is 19.0 Å². The number of rotatable bonds is 7. The first-order chi connectivity index (χ1) is 6.24. The minimum Gasteiger partial charge on any atom is -0.373 e. The molecule has 0 atom stereocenters. The summed E-state index contributed by atoms with van der Waals surface area (Å²) in [5.41, 5.74) is 1.20. The molecule has 0 aliphatic rings. The van der Waals surface area contributed by atoms with Crippen molar-refractivity contribution in [2.75, 3.05) is 13.2 Å². The molecule has 0 aromatic rings. The van der Waals surface area contributed by atoms with Crippen molar-refractivity contribution < 1.29 is 9.53 Å². The van der Waals surface area contributed by atoms with Crippen LogP contribution >= 0.6 is 0 Å². The average molecular weight is 184 g/mol. The molecule has 0 spiro atoms. The van der Waals surface area contributed by atoms with Crippen LogP contribution < -0.4 is 0 Å². The first kappa shape index (κ1) is 12.4. The van der Waals surface area contributed by atoms with Gasteiger partial charge in [0, 0.05) is 6.61 Å². The molecule has 0 unspecified atom stereocenters. The van der Waals surface area contributed by atoms with Gasteiger partial charge in [-0.1, -0.05) is 26.3 Å². The summed E-state index contributed by atoms with van der Waals surface area (Å²) in [5.74, 6) is 0.0900. The number of ketones is 1. The summed E-state index contributed by atoms with van der Waals surface area (Å²) < 4.78 is 5.14. The van der Waals surface area contributed by atoms with Gasteiger partial charge in [0.25, 0.3) is 0 Å². The first-order valence-corrected chi connectivity index (χ1v) is 5.04. The zero-order valence-electron chi connectivity index (χ0n) is 8.93. The molecule has 0 aliphatic carbocycles. The Hall–Kier alpha value is -0.630. The van der Waals surface area contributed by atoms with Gasteiger partial charge in [-0.05, 0) is 25.3 Å². The Balaban J connectivity index is 3.76. The molecule has 0 bridgehead atoms. The number of hydrogen-bond acceptors (Lipinski definition) is 2. The van der Waals surface area contributed by atoms with Crippen molar-refractivity contribution in [3.8, 4) is 0 Å². The summed E-state index contributed by atoms with van der Waals surface area (Å²) in [5, 5.41) is 0. The highest BCUT2D eigenvalue weighted by molar-refractivity contribution is 5.91. The zero-order chi connectivity index (χ0) is 10.1. The van der Waals surface area contributed by atoms with Gasteiger partial charge in [0.2, 0.25) is 0 Å². The van der Waals surface area contributed by atoms with Crippen molar-refractivity contribution in [1.82, 2.24) is 0 Å². The highest BCUT2D eigenvalue weighted by atomic mass is 16.5. The van der Waals surface area contributed by atoms with Crippen LogP contribution in [0.1, 0.15) is 40.0 Å². The van der Waals surface area contributed by atoms with Gasteiger partial charge in [-0.3, -0.25) is 4.79 Å². The number of carbonyl (C=O) groups excluding carboxylic acids is 1. The van der Waals surface area contributed by atoms with Gasteiger partial charge in [-0.2, -0.15) is 0 Å². The first-order valence-electron chi connectivity index (χ1n) is 5.04. The minimum absolute atomic E-state index is 0.0900. The minimum atomic E-state index is 0.0900. The zero-order valence-corrected chi connectivity index (χ0v) is 8.93. The van der Waals surface area contributed by atoms with E-state index in [9.17, 15) is 4.79 Å². The molecule has 0 aromatic carbocycles. The maximum absolute atomic E-state index is 11.2. The molecular formula is C11H20O2. The maximum Gasteiger partial charge on any atom is 0.181 e. The fourth-order valence-corrected chi connectivity index (χ4v) is 1.04. The molecule has 0 aromatic heterocycles. The third-order valence-electron chi connectivity index (χ3n) is 1.87. The highest BCUT2D eigenvalue weighted by Gasteiger charge is 1.98. The fourth-order valence-electron chi connectivity index (χ4n) is 1.04. The van der Waals surface area contributed by atoms with E-state index in [1.807, 2.05) is 6.92 Å². The molecule has 2 nitrogen and oxygen atoms in total. The second kappa shape index (κ2) is 7.99. The van der Waals surface area contributed by atoms with E-state index in [-0.39, 0.29) is 12.4 Å². The molecule has 2 heteroatoms. The van der Waals surface area contributed by atoms with Crippen molar-refractivity contribution in [1.29, 1.82) is 0 Å². The van der Waals surface area contributed by atoms with Crippen molar-refractivity contribution >= 4 is 5.78 Å². The van der Waals surface area contributed by atoms with Gasteiger partial charge in [0.1, 0.15) is 6.61 Å². The van der Waals surface area contributed by atoms with E-state index in [2.05, 4.69) is 13.8 Å². The second-order valence-electron chi connectivity index (χ2n) is 3.03. The Morgan fingerprint density at radius 3 is 2.31 bits per heavy atom. The number of ether oxygens (including phenoxy) is 1. The molecule has 0 fully saturated rings. The average Bonchev–Trinajstić information content (AvgIpc) is 2.14. The predicted octanol–water partition coefficient (Wildman–Crippen LogP) is 2.73. The number of carbonyl (C=O) groups is 1. The lowest BCUT2D eigenvalue weighted by atomic mass is 10.1. The van der Waals surface area contributed by atoms with Gasteiger partial charge in [0.15, 0.2) is 5.78 Å². The van der Waals surface area contributed by atoms with Crippen molar-refractivity contribution in [2.24, 2.45) is 0 Å². The second-order valence-corrected chi connectivity index (χ2v) is 3.03. The summed E-state index contributed by atoms with van der Waals surface area (Å²) in [6, 6.07) is 0. The van der Waals surface area contributed by atoms with E-state index in [4.69, 9.17) is 4.74 Å². The van der Waals surface area contributed by atoms with Crippen LogP contribution in [0.15, 0.2) is 11.6 Å². The Labute approximate surface area is 81.0 Å². The third kappa shape index (κ3) is 6.52. The van der Waals surface area contributed by atoms with Crippen LogP contribution in [0.5, 0.6) is 0 Å². The quantitative estimate of drug-likeness (QED) is 0.449. The molecular weight excluding hydrogens is 164 g/mol. The summed E-state index contributed by atoms with van der Waals surface area (Å²) >= 11 is 0. The summed E-state index contributed by atoms with van der Waals surface area (Å²) in [6.07, 6.45) is 4.59. The topological polar surface area (TPSA) is 26.3 Å². The molecule has 0 rings (SSSR count). The molecule has 0 heterocycles. The molecule has 76 valence electrons. The van der Waals surface area contributed by atoms with Crippen molar-refractivity contribution in [3.63, 3.8) is 0 Å². The van der Waals surface area contributed by atoms with Crippen molar-refractivity contribution in [3.05, 3.63) is 11.6 Å². The monoisotopic (exact) mass is 184 g/mol. The summed E-state index contributed by atoms with van der Waals surface area (Å²) in [4.78, 5) is 11.2. The lowest BCUT2D eigenvalue weighted by Crippen LogP contribution is -2.06. The smallest absolute Gasteiger partial charge is 0.181 e. The normalized spacial score (nSPS) is 9.77. The van der Waals surface area contributed by atoms with Gasteiger partial charge >= 0.3 is 0 Å². The van der Waals surface area contributed by atoms with Gasteiger partial charge in [0.05, 0.1) is 0 Å². The highest BCUT2D eigenvalue weighted by Crippen LogP contribution is 2.04. The fraction of sp³-hybridized carbons (Fsp3) is 0.727. The molecule has 0 amide bonds.